The molecule has 2 aromatic carbocycles. The molecule has 0 spiro atoms. The van der Waals surface area contributed by atoms with Crippen molar-refractivity contribution >= 4 is 17.5 Å². The number of aromatic nitrogens is 1. The van der Waals surface area contributed by atoms with Crippen LogP contribution in [-0.2, 0) is 13.1 Å². The lowest BCUT2D eigenvalue weighted by atomic mass is 10.2. The number of rotatable bonds is 4. The monoisotopic (exact) mass is 358 g/mol. The normalized spacial score (nSPS) is 13.2. The van der Waals surface area contributed by atoms with Crippen LogP contribution < -0.4 is 15.1 Å². The maximum atomic E-state index is 12.8. The highest BCUT2D eigenvalue weighted by atomic mass is 16.2. The van der Waals surface area contributed by atoms with Crippen LogP contribution in [0, 0.1) is 0 Å². The van der Waals surface area contributed by atoms with Gasteiger partial charge in [-0.25, -0.2) is 9.78 Å². The van der Waals surface area contributed by atoms with Crippen LogP contribution in [0.15, 0.2) is 79.0 Å². The van der Waals surface area contributed by atoms with Gasteiger partial charge in [0.2, 0.25) is 0 Å². The number of carbonyl (C=O) groups excluding carboxylic acids is 1. The molecule has 1 aromatic heterocycles. The summed E-state index contributed by atoms with van der Waals surface area (Å²) in [6, 6.07) is 24.0. The Balaban J connectivity index is 1.49. The van der Waals surface area contributed by atoms with E-state index in [0.717, 1.165) is 30.2 Å². The number of benzene rings is 2. The molecule has 0 radical (unpaired) electrons. The summed E-state index contributed by atoms with van der Waals surface area (Å²) in [4.78, 5) is 21.3. The van der Waals surface area contributed by atoms with E-state index in [1.165, 1.54) is 5.56 Å². The lowest BCUT2D eigenvalue weighted by molar-refractivity contribution is 0.245. The Morgan fingerprint density at radius 1 is 0.889 bits per heavy atom. The zero-order valence-electron chi connectivity index (χ0n) is 15.1. The van der Waals surface area contributed by atoms with Crippen LogP contribution in [0.25, 0.3) is 0 Å². The molecule has 0 saturated heterocycles. The van der Waals surface area contributed by atoms with E-state index < -0.39 is 0 Å². The second kappa shape index (κ2) is 7.91. The van der Waals surface area contributed by atoms with Crippen molar-refractivity contribution in [2.45, 2.75) is 13.1 Å². The van der Waals surface area contributed by atoms with Crippen molar-refractivity contribution in [1.29, 1.82) is 0 Å². The first-order valence-electron chi connectivity index (χ1n) is 9.14. The van der Waals surface area contributed by atoms with E-state index in [-0.39, 0.29) is 6.03 Å². The van der Waals surface area contributed by atoms with Gasteiger partial charge in [0, 0.05) is 32.4 Å². The van der Waals surface area contributed by atoms with E-state index in [1.54, 1.807) is 11.1 Å². The second-order valence-corrected chi connectivity index (χ2v) is 6.55. The topological polar surface area (TPSA) is 48.5 Å². The van der Waals surface area contributed by atoms with Gasteiger partial charge in [-0.3, -0.25) is 4.90 Å². The maximum absolute atomic E-state index is 12.8. The summed E-state index contributed by atoms with van der Waals surface area (Å²) in [5, 5.41) is 3.01. The fraction of sp³-hybridized carbons (Fsp3) is 0.182. The minimum absolute atomic E-state index is 0.0903. The fourth-order valence-corrected chi connectivity index (χ4v) is 3.33. The van der Waals surface area contributed by atoms with Gasteiger partial charge in [-0.1, -0.05) is 60.7 Å². The Hall–Kier alpha value is -3.34. The molecule has 0 aliphatic carbocycles. The van der Waals surface area contributed by atoms with Crippen molar-refractivity contribution in [2.24, 2.45) is 0 Å². The Bertz CT molecular complexity index is 898. The number of pyridine rings is 1. The summed E-state index contributed by atoms with van der Waals surface area (Å²) < 4.78 is 0. The predicted octanol–water partition coefficient (Wildman–Crippen LogP) is 3.82. The molecule has 4 rings (SSSR count). The molecule has 2 heterocycles. The van der Waals surface area contributed by atoms with Gasteiger partial charge in [0.15, 0.2) is 5.82 Å². The van der Waals surface area contributed by atoms with Gasteiger partial charge in [-0.2, -0.15) is 0 Å². The minimum Gasteiger partial charge on any atom is -0.349 e. The third-order valence-electron chi connectivity index (χ3n) is 4.70. The van der Waals surface area contributed by atoms with Gasteiger partial charge in [-0.05, 0) is 23.3 Å². The van der Waals surface area contributed by atoms with E-state index in [0.29, 0.717) is 13.1 Å². The minimum atomic E-state index is -0.0903. The average Bonchev–Trinajstić information content (AvgIpc) is 2.74. The van der Waals surface area contributed by atoms with E-state index >= 15 is 0 Å². The van der Waals surface area contributed by atoms with Crippen LogP contribution in [0.2, 0.25) is 0 Å². The Morgan fingerprint density at radius 2 is 1.59 bits per heavy atom. The quantitative estimate of drug-likeness (QED) is 0.771. The van der Waals surface area contributed by atoms with Crippen molar-refractivity contribution < 1.29 is 4.79 Å². The lowest BCUT2D eigenvalue weighted by Gasteiger charge is -2.36. The second-order valence-electron chi connectivity index (χ2n) is 6.55. The molecule has 5 nitrogen and oxygen atoms in total. The molecule has 0 unspecified atom stereocenters. The maximum Gasteiger partial charge on any atom is 0.322 e. The first-order valence-corrected chi connectivity index (χ1v) is 9.14. The summed E-state index contributed by atoms with van der Waals surface area (Å²) in [5.41, 5.74) is 3.17. The van der Waals surface area contributed by atoms with Crippen LogP contribution >= 0.6 is 0 Å². The number of urea groups is 1. The summed E-state index contributed by atoms with van der Waals surface area (Å²) in [6.45, 7) is 2.67. The molecule has 0 bridgehead atoms. The van der Waals surface area contributed by atoms with Crippen molar-refractivity contribution in [2.75, 3.05) is 22.9 Å². The van der Waals surface area contributed by atoms with Gasteiger partial charge in [0.05, 0.1) is 5.69 Å². The fourth-order valence-electron chi connectivity index (χ4n) is 3.33. The third-order valence-corrected chi connectivity index (χ3v) is 4.70. The predicted molar refractivity (Wildman–Crippen MR) is 108 cm³/mol. The highest BCUT2D eigenvalue weighted by Gasteiger charge is 2.27. The number of nitrogens with zero attached hydrogens (tertiary/aromatic N) is 3. The van der Waals surface area contributed by atoms with Crippen molar-refractivity contribution in [3.05, 3.63) is 90.1 Å². The van der Waals surface area contributed by atoms with E-state index in [2.05, 4.69) is 27.3 Å². The molecule has 0 fully saturated rings. The van der Waals surface area contributed by atoms with Crippen molar-refractivity contribution in [3.8, 4) is 0 Å². The Labute approximate surface area is 159 Å². The number of hydrogen-bond donors (Lipinski definition) is 1. The molecular formula is C22H22N4O. The van der Waals surface area contributed by atoms with E-state index in [4.69, 9.17) is 0 Å². The molecule has 2 amide bonds. The third kappa shape index (κ3) is 3.92. The van der Waals surface area contributed by atoms with Crippen LogP contribution in [0.1, 0.15) is 11.1 Å². The molecule has 0 atom stereocenters. The average molecular weight is 358 g/mol. The van der Waals surface area contributed by atoms with Gasteiger partial charge in [0.1, 0.15) is 0 Å². The Morgan fingerprint density at radius 3 is 2.33 bits per heavy atom. The molecule has 136 valence electrons. The molecule has 3 aromatic rings. The molecule has 1 aliphatic heterocycles. The summed E-state index contributed by atoms with van der Waals surface area (Å²) in [5.74, 6) is 0.850. The van der Waals surface area contributed by atoms with E-state index in [9.17, 15) is 4.79 Å². The van der Waals surface area contributed by atoms with Gasteiger partial charge < -0.3 is 10.2 Å². The lowest BCUT2D eigenvalue weighted by Crippen LogP contribution is -2.48. The zero-order chi connectivity index (χ0) is 18.5. The Kier molecular flexibility index (Phi) is 5.01. The standard InChI is InChI=1S/C22H22N4O/c27-22(24-16-18-8-3-1-4-9-18)26-15-14-25(17-19-10-5-2-6-11-19)21-20(26)12-7-13-23-21/h1-13H,14-17H2,(H,24,27). The van der Waals surface area contributed by atoms with Crippen LogP contribution in [0.5, 0.6) is 0 Å². The largest absolute Gasteiger partial charge is 0.349 e. The summed E-state index contributed by atoms with van der Waals surface area (Å²) in [6.07, 6.45) is 1.78. The summed E-state index contributed by atoms with van der Waals surface area (Å²) in [7, 11) is 0. The molecule has 1 N–H and O–H groups in total. The van der Waals surface area contributed by atoms with Gasteiger partial charge in [0.25, 0.3) is 0 Å². The van der Waals surface area contributed by atoms with Crippen molar-refractivity contribution in [3.63, 3.8) is 0 Å². The van der Waals surface area contributed by atoms with Crippen LogP contribution in [0.4, 0.5) is 16.3 Å². The molecule has 0 saturated carbocycles. The number of amides is 2. The summed E-state index contributed by atoms with van der Waals surface area (Å²) >= 11 is 0. The molecule has 5 heteroatoms. The number of nitrogens with one attached hydrogen (secondary N) is 1. The smallest absolute Gasteiger partial charge is 0.322 e. The van der Waals surface area contributed by atoms with Gasteiger partial charge >= 0.3 is 6.03 Å². The van der Waals surface area contributed by atoms with Crippen LogP contribution in [-0.4, -0.2) is 24.1 Å². The van der Waals surface area contributed by atoms with E-state index in [1.807, 2.05) is 60.7 Å². The SMILES string of the molecule is O=C(NCc1ccccc1)N1CCN(Cc2ccccc2)c2ncccc21. The molecule has 1 aliphatic rings. The van der Waals surface area contributed by atoms with Gasteiger partial charge in [-0.15, -0.1) is 0 Å². The highest BCUT2D eigenvalue weighted by Crippen LogP contribution is 2.31. The van der Waals surface area contributed by atoms with Crippen LogP contribution in [0.3, 0.4) is 0 Å². The first-order chi connectivity index (χ1) is 13.3. The van der Waals surface area contributed by atoms with Crippen molar-refractivity contribution in [1.82, 2.24) is 10.3 Å². The number of fused-ring (bicyclic) bond motifs is 1. The molecule has 27 heavy (non-hydrogen) atoms. The first kappa shape index (κ1) is 17.1. The number of anilines is 2. The zero-order valence-corrected chi connectivity index (χ0v) is 15.1. The molecular weight excluding hydrogens is 336 g/mol. The number of carbonyl (C=O) groups is 1. The highest BCUT2D eigenvalue weighted by molar-refractivity contribution is 5.96. The number of hydrogen-bond acceptors (Lipinski definition) is 3.